The first-order valence-electron chi connectivity index (χ1n) is 6.24. The zero-order valence-electron chi connectivity index (χ0n) is 10.9. The van der Waals surface area contributed by atoms with Crippen molar-refractivity contribution in [3.63, 3.8) is 0 Å². The Bertz CT molecular complexity index is 307. The van der Waals surface area contributed by atoms with E-state index in [1.807, 2.05) is 0 Å². The van der Waals surface area contributed by atoms with Gasteiger partial charge in [0.2, 0.25) is 0 Å². The molecule has 0 atom stereocenters. The molecule has 0 aromatic rings. The Kier molecular flexibility index (Phi) is 2.99. The summed E-state index contributed by atoms with van der Waals surface area (Å²) >= 11 is 0. The summed E-state index contributed by atoms with van der Waals surface area (Å²) in [5.74, 6) is -0.279. The van der Waals surface area contributed by atoms with Crippen molar-refractivity contribution in [1.82, 2.24) is 0 Å². The average molecular weight is 242 g/mol. The lowest BCUT2D eigenvalue weighted by molar-refractivity contribution is -0.255. The maximum absolute atomic E-state index is 12.1. The molecule has 0 spiro atoms. The maximum atomic E-state index is 12.1. The maximum Gasteiger partial charge on any atom is 0.314 e. The number of rotatable bonds is 2. The van der Waals surface area contributed by atoms with Crippen LogP contribution in [0.5, 0.6) is 0 Å². The van der Waals surface area contributed by atoms with Crippen molar-refractivity contribution in [2.45, 2.75) is 45.1 Å². The van der Waals surface area contributed by atoms with Gasteiger partial charge in [-0.3, -0.25) is 4.79 Å². The van der Waals surface area contributed by atoms with Gasteiger partial charge < -0.3 is 14.6 Å². The molecule has 17 heavy (non-hydrogen) atoms. The lowest BCUT2D eigenvalue weighted by Gasteiger charge is -2.53. The molecule has 98 valence electrons. The number of aliphatic hydroxyl groups is 1. The molecule has 0 radical (unpaired) electrons. The Morgan fingerprint density at radius 3 is 2.06 bits per heavy atom. The normalized spacial score (nSPS) is 29.2. The average Bonchev–Trinajstić information content (AvgIpc) is 2.25. The summed E-state index contributed by atoms with van der Waals surface area (Å²) in [7, 11) is 1.40. The van der Waals surface area contributed by atoms with Crippen molar-refractivity contribution < 1.29 is 19.4 Å². The quantitative estimate of drug-likeness (QED) is 0.746. The largest absolute Gasteiger partial charge is 0.469 e. The second-order valence-corrected chi connectivity index (χ2v) is 6.26. The molecule has 2 fully saturated rings. The first-order valence-corrected chi connectivity index (χ1v) is 6.24. The summed E-state index contributed by atoms with van der Waals surface area (Å²) in [5, 5.41) is 10.5. The topological polar surface area (TPSA) is 55.8 Å². The van der Waals surface area contributed by atoms with Crippen LogP contribution >= 0.6 is 0 Å². The van der Waals surface area contributed by atoms with Crippen molar-refractivity contribution in [1.29, 1.82) is 0 Å². The molecule has 0 bridgehead atoms. The molecule has 0 aromatic heterocycles. The van der Waals surface area contributed by atoms with Crippen LogP contribution in [0.4, 0.5) is 0 Å². The van der Waals surface area contributed by atoms with Gasteiger partial charge in [-0.05, 0) is 31.1 Å². The van der Waals surface area contributed by atoms with E-state index < -0.39 is 11.0 Å². The zero-order chi connectivity index (χ0) is 12.7. The molecule has 4 heteroatoms. The Morgan fingerprint density at radius 1 is 1.18 bits per heavy atom. The van der Waals surface area contributed by atoms with E-state index in [1.165, 1.54) is 7.11 Å². The summed E-state index contributed by atoms with van der Waals surface area (Å²) in [4.78, 5) is 12.1. The van der Waals surface area contributed by atoms with E-state index in [2.05, 4.69) is 13.8 Å². The molecule has 2 rings (SSSR count). The number of carbonyl (C=O) groups excluding carboxylic acids is 1. The van der Waals surface area contributed by atoms with E-state index >= 15 is 0 Å². The lowest BCUT2D eigenvalue weighted by atomic mass is 9.57. The van der Waals surface area contributed by atoms with Crippen molar-refractivity contribution in [2.24, 2.45) is 10.8 Å². The molecule has 1 saturated heterocycles. The van der Waals surface area contributed by atoms with Crippen molar-refractivity contribution in [3.05, 3.63) is 0 Å². The van der Waals surface area contributed by atoms with Crippen LogP contribution in [0, 0.1) is 10.8 Å². The molecule has 1 aliphatic carbocycles. The standard InChI is InChI=1S/C13H22O4/c1-11(2)4-6-12(7-5-11,10(14)16-3)13(15)8-17-9-13/h15H,4-9H2,1-3H3. The van der Waals surface area contributed by atoms with Gasteiger partial charge in [-0.25, -0.2) is 0 Å². The van der Waals surface area contributed by atoms with Gasteiger partial charge in [0.15, 0.2) is 0 Å². The van der Waals surface area contributed by atoms with Gasteiger partial charge in [0.05, 0.1) is 20.3 Å². The van der Waals surface area contributed by atoms with Crippen LogP contribution in [0.3, 0.4) is 0 Å². The fourth-order valence-electron chi connectivity index (χ4n) is 2.98. The number of esters is 1. The van der Waals surface area contributed by atoms with Gasteiger partial charge in [-0.15, -0.1) is 0 Å². The van der Waals surface area contributed by atoms with Crippen LogP contribution < -0.4 is 0 Å². The molecule has 1 heterocycles. The predicted molar refractivity (Wildman–Crippen MR) is 62.5 cm³/mol. The van der Waals surface area contributed by atoms with Gasteiger partial charge in [0.25, 0.3) is 0 Å². The van der Waals surface area contributed by atoms with Gasteiger partial charge >= 0.3 is 5.97 Å². The number of ether oxygens (including phenoxy) is 2. The monoisotopic (exact) mass is 242 g/mol. The summed E-state index contributed by atoms with van der Waals surface area (Å²) in [6.45, 7) is 4.91. The first kappa shape index (κ1) is 12.8. The van der Waals surface area contributed by atoms with E-state index in [4.69, 9.17) is 9.47 Å². The Balaban J connectivity index is 2.24. The summed E-state index contributed by atoms with van der Waals surface area (Å²) in [6.07, 6.45) is 3.24. The van der Waals surface area contributed by atoms with Crippen LogP contribution in [0.1, 0.15) is 39.5 Å². The zero-order valence-corrected chi connectivity index (χ0v) is 10.9. The predicted octanol–water partition coefficient (Wildman–Crippen LogP) is 1.51. The van der Waals surface area contributed by atoms with E-state index in [1.54, 1.807) is 0 Å². The van der Waals surface area contributed by atoms with E-state index in [-0.39, 0.29) is 24.6 Å². The van der Waals surface area contributed by atoms with Crippen molar-refractivity contribution in [2.75, 3.05) is 20.3 Å². The van der Waals surface area contributed by atoms with Gasteiger partial charge in [0, 0.05) is 0 Å². The third-order valence-electron chi connectivity index (χ3n) is 4.61. The third kappa shape index (κ3) is 1.87. The SMILES string of the molecule is COC(=O)C1(C2(O)COC2)CCC(C)(C)CC1. The van der Waals surface area contributed by atoms with E-state index in [0.29, 0.717) is 12.8 Å². The van der Waals surface area contributed by atoms with Crippen LogP contribution in [0.25, 0.3) is 0 Å². The molecule has 0 aromatic carbocycles. The van der Waals surface area contributed by atoms with Crippen LogP contribution in [-0.4, -0.2) is 37.0 Å². The summed E-state index contributed by atoms with van der Waals surface area (Å²) in [5.41, 5.74) is -1.52. The van der Waals surface area contributed by atoms with Crippen LogP contribution in [-0.2, 0) is 14.3 Å². The Morgan fingerprint density at radius 2 is 1.71 bits per heavy atom. The van der Waals surface area contributed by atoms with Crippen molar-refractivity contribution >= 4 is 5.97 Å². The lowest BCUT2D eigenvalue weighted by Crippen LogP contribution is -2.66. The van der Waals surface area contributed by atoms with Crippen LogP contribution in [0.2, 0.25) is 0 Å². The van der Waals surface area contributed by atoms with Crippen molar-refractivity contribution in [3.8, 4) is 0 Å². The Hall–Kier alpha value is -0.610. The molecule has 0 amide bonds. The fourth-order valence-corrected chi connectivity index (χ4v) is 2.98. The van der Waals surface area contributed by atoms with Gasteiger partial charge in [0.1, 0.15) is 11.0 Å². The second kappa shape index (κ2) is 3.95. The number of hydrogen-bond acceptors (Lipinski definition) is 4. The second-order valence-electron chi connectivity index (χ2n) is 6.26. The molecule has 1 aliphatic heterocycles. The highest BCUT2D eigenvalue weighted by Gasteiger charge is 2.61. The molecule has 1 saturated carbocycles. The highest BCUT2D eigenvalue weighted by molar-refractivity contribution is 5.79. The highest BCUT2D eigenvalue weighted by atomic mass is 16.6. The molecule has 4 nitrogen and oxygen atoms in total. The molecule has 2 aliphatic rings. The smallest absolute Gasteiger partial charge is 0.314 e. The third-order valence-corrected chi connectivity index (χ3v) is 4.61. The van der Waals surface area contributed by atoms with E-state index in [0.717, 1.165) is 12.8 Å². The molecular formula is C13H22O4. The van der Waals surface area contributed by atoms with E-state index in [9.17, 15) is 9.90 Å². The number of methoxy groups -OCH3 is 1. The minimum absolute atomic E-state index is 0.248. The van der Waals surface area contributed by atoms with Gasteiger partial charge in [-0.1, -0.05) is 13.8 Å². The number of carbonyl (C=O) groups is 1. The Labute approximate surface area is 102 Å². The highest BCUT2D eigenvalue weighted by Crippen LogP contribution is 2.53. The first-order chi connectivity index (χ1) is 7.85. The fraction of sp³-hybridized carbons (Fsp3) is 0.923. The van der Waals surface area contributed by atoms with Gasteiger partial charge in [-0.2, -0.15) is 0 Å². The minimum atomic E-state index is -1.02. The summed E-state index contributed by atoms with van der Waals surface area (Å²) in [6, 6.07) is 0. The van der Waals surface area contributed by atoms with Crippen LogP contribution in [0.15, 0.2) is 0 Å². The molecule has 1 N–H and O–H groups in total. The molecular weight excluding hydrogens is 220 g/mol. The minimum Gasteiger partial charge on any atom is -0.469 e. The summed E-state index contributed by atoms with van der Waals surface area (Å²) < 4.78 is 10.0. The molecule has 0 unspecified atom stereocenters. The number of hydrogen-bond donors (Lipinski definition) is 1.